The van der Waals surface area contributed by atoms with E-state index in [4.69, 9.17) is 23.2 Å². The quantitative estimate of drug-likeness (QED) is 0.397. The van der Waals surface area contributed by atoms with Crippen molar-refractivity contribution in [2.75, 3.05) is 5.32 Å². The van der Waals surface area contributed by atoms with E-state index in [1.165, 1.54) is 24.4 Å². The maximum absolute atomic E-state index is 12.0. The summed E-state index contributed by atoms with van der Waals surface area (Å²) in [5.74, 6) is -0.831. The average molecular weight is 423 g/mol. The van der Waals surface area contributed by atoms with Crippen LogP contribution in [0.2, 0.25) is 10.0 Å². The molecule has 0 fully saturated rings. The van der Waals surface area contributed by atoms with E-state index in [9.17, 15) is 19.7 Å². The number of anilines is 1. The van der Waals surface area contributed by atoms with Crippen LogP contribution in [0.25, 0.3) is 0 Å². The van der Waals surface area contributed by atoms with Gasteiger partial charge >= 0.3 is 0 Å². The number of amides is 2. The summed E-state index contributed by atoms with van der Waals surface area (Å²) in [5.41, 5.74) is 3.70. The summed E-state index contributed by atoms with van der Waals surface area (Å²) in [6.45, 7) is 1.78. The molecule has 0 aromatic heterocycles. The van der Waals surface area contributed by atoms with Gasteiger partial charge in [0.15, 0.2) is 0 Å². The zero-order valence-corrected chi connectivity index (χ0v) is 16.3. The lowest BCUT2D eigenvalue weighted by atomic mass is 10.2. The zero-order chi connectivity index (χ0) is 20.7. The maximum Gasteiger partial charge on any atom is 0.270 e. The molecule has 0 saturated heterocycles. The molecule has 2 amide bonds. The minimum atomic E-state index is -0.563. The number of nitrogens with one attached hydrogen (secondary N) is 2. The first kappa shape index (κ1) is 21.3. The second kappa shape index (κ2) is 9.82. The van der Waals surface area contributed by atoms with Gasteiger partial charge in [-0.25, -0.2) is 5.43 Å². The summed E-state index contributed by atoms with van der Waals surface area (Å²) in [5, 5.41) is 18.0. The highest BCUT2D eigenvalue weighted by molar-refractivity contribution is 6.33. The molecular formula is C18H16Cl2N4O4. The van der Waals surface area contributed by atoms with Gasteiger partial charge in [0.25, 0.3) is 5.69 Å². The standard InChI is InChI=1S/C18H16Cl2N4O4/c1-11-14(19)3-2-4-16(11)22-17(25)7-8-18(26)23-21-10-12-9-13(24(27)28)5-6-15(12)20/h2-6,9-10H,7-8H2,1H3,(H,22,25)(H,23,26)/b21-10+. The van der Waals surface area contributed by atoms with Crippen LogP contribution in [0.1, 0.15) is 24.0 Å². The number of nitro groups is 1. The number of carbonyl (C=O) groups is 2. The second-order valence-electron chi connectivity index (χ2n) is 5.72. The number of hydrazone groups is 1. The van der Waals surface area contributed by atoms with Gasteiger partial charge in [0.2, 0.25) is 11.8 Å². The smallest absolute Gasteiger partial charge is 0.270 e. The maximum atomic E-state index is 12.0. The number of non-ortho nitro benzene ring substituents is 1. The fraction of sp³-hybridized carbons (Fsp3) is 0.167. The van der Waals surface area contributed by atoms with Gasteiger partial charge in [-0.2, -0.15) is 5.10 Å². The summed E-state index contributed by atoms with van der Waals surface area (Å²) in [6.07, 6.45) is 1.05. The number of hydrogen-bond acceptors (Lipinski definition) is 5. The van der Waals surface area contributed by atoms with Crippen LogP contribution in [0.15, 0.2) is 41.5 Å². The molecule has 0 unspecified atom stereocenters. The number of benzene rings is 2. The molecule has 8 nitrogen and oxygen atoms in total. The number of nitro benzene ring substituents is 1. The van der Waals surface area contributed by atoms with Crippen molar-refractivity contribution in [1.29, 1.82) is 0 Å². The Labute approximate surface area is 170 Å². The highest BCUT2D eigenvalue weighted by atomic mass is 35.5. The number of carbonyl (C=O) groups excluding carboxylic acids is 2. The lowest BCUT2D eigenvalue weighted by Crippen LogP contribution is -2.21. The topological polar surface area (TPSA) is 114 Å². The van der Waals surface area contributed by atoms with Crippen LogP contribution in [0, 0.1) is 17.0 Å². The third-order valence-corrected chi connectivity index (χ3v) is 4.46. The fourth-order valence-corrected chi connectivity index (χ4v) is 2.50. The van der Waals surface area contributed by atoms with Crippen LogP contribution >= 0.6 is 23.2 Å². The number of hydrogen-bond donors (Lipinski definition) is 2. The van der Waals surface area contributed by atoms with Crippen molar-refractivity contribution in [2.45, 2.75) is 19.8 Å². The van der Waals surface area contributed by atoms with Crippen molar-refractivity contribution in [3.05, 3.63) is 67.7 Å². The third kappa shape index (κ3) is 6.04. The Kier molecular flexibility index (Phi) is 7.48. The summed E-state index contributed by atoms with van der Waals surface area (Å²) in [6, 6.07) is 9.01. The molecule has 10 heteroatoms. The molecule has 0 heterocycles. The summed E-state index contributed by atoms with van der Waals surface area (Å²) in [7, 11) is 0. The van der Waals surface area contributed by atoms with Gasteiger partial charge in [0, 0.05) is 46.3 Å². The minimum absolute atomic E-state index is 0.0507. The van der Waals surface area contributed by atoms with E-state index in [0.29, 0.717) is 10.7 Å². The van der Waals surface area contributed by atoms with Crippen molar-refractivity contribution in [2.24, 2.45) is 5.10 Å². The molecule has 146 valence electrons. The first-order valence-corrected chi connectivity index (χ1v) is 8.84. The van der Waals surface area contributed by atoms with Crippen molar-refractivity contribution in [1.82, 2.24) is 5.43 Å². The van der Waals surface area contributed by atoms with Crippen molar-refractivity contribution >= 4 is 52.6 Å². The Bertz CT molecular complexity index is 947. The van der Waals surface area contributed by atoms with Gasteiger partial charge in [-0.05, 0) is 30.7 Å². The minimum Gasteiger partial charge on any atom is -0.326 e. The Morgan fingerprint density at radius 1 is 1.14 bits per heavy atom. The van der Waals surface area contributed by atoms with Gasteiger partial charge in [-0.3, -0.25) is 19.7 Å². The molecule has 0 aliphatic heterocycles. The van der Waals surface area contributed by atoms with E-state index in [2.05, 4.69) is 15.8 Å². The predicted octanol–water partition coefficient (Wildman–Crippen LogP) is 4.08. The molecule has 2 rings (SSSR count). The van der Waals surface area contributed by atoms with Crippen molar-refractivity contribution in [3.63, 3.8) is 0 Å². The van der Waals surface area contributed by atoms with E-state index in [1.807, 2.05) is 0 Å². The van der Waals surface area contributed by atoms with E-state index in [-0.39, 0.29) is 35.0 Å². The van der Waals surface area contributed by atoms with Gasteiger partial charge < -0.3 is 5.32 Å². The predicted molar refractivity (Wildman–Crippen MR) is 108 cm³/mol. The summed E-state index contributed by atoms with van der Waals surface area (Å²) in [4.78, 5) is 34.0. The van der Waals surface area contributed by atoms with E-state index >= 15 is 0 Å². The first-order valence-electron chi connectivity index (χ1n) is 8.08. The van der Waals surface area contributed by atoms with Gasteiger partial charge in [-0.15, -0.1) is 0 Å². The third-order valence-electron chi connectivity index (χ3n) is 3.70. The number of halogens is 2. The van der Waals surface area contributed by atoms with E-state index in [1.54, 1.807) is 25.1 Å². The SMILES string of the molecule is Cc1c(Cl)cccc1NC(=O)CCC(=O)N/N=C/c1cc([N+](=O)[O-])ccc1Cl. The van der Waals surface area contributed by atoms with Gasteiger partial charge in [0.1, 0.15) is 0 Å². The highest BCUT2D eigenvalue weighted by Gasteiger charge is 2.10. The molecule has 2 aromatic carbocycles. The molecule has 0 atom stereocenters. The second-order valence-corrected chi connectivity index (χ2v) is 6.53. The van der Waals surface area contributed by atoms with E-state index < -0.39 is 10.8 Å². The molecule has 0 saturated carbocycles. The molecule has 0 bridgehead atoms. The van der Waals surface area contributed by atoms with Gasteiger partial charge in [-0.1, -0.05) is 29.3 Å². The molecule has 2 aromatic rings. The lowest BCUT2D eigenvalue weighted by molar-refractivity contribution is -0.384. The van der Waals surface area contributed by atoms with Crippen molar-refractivity contribution < 1.29 is 14.5 Å². The Hall–Kier alpha value is -2.97. The summed E-state index contributed by atoms with van der Waals surface area (Å²) < 4.78 is 0. The average Bonchev–Trinajstić information content (AvgIpc) is 2.65. The molecule has 0 radical (unpaired) electrons. The summed E-state index contributed by atoms with van der Waals surface area (Å²) >= 11 is 11.9. The van der Waals surface area contributed by atoms with Gasteiger partial charge in [0.05, 0.1) is 11.1 Å². The number of rotatable bonds is 7. The van der Waals surface area contributed by atoms with Crippen molar-refractivity contribution in [3.8, 4) is 0 Å². The van der Waals surface area contributed by atoms with E-state index in [0.717, 1.165) is 5.56 Å². The Balaban J connectivity index is 1.85. The van der Waals surface area contributed by atoms with Crippen LogP contribution in [-0.2, 0) is 9.59 Å². The first-order chi connectivity index (χ1) is 13.3. The molecule has 2 N–H and O–H groups in total. The molecule has 0 spiro atoms. The normalized spacial score (nSPS) is 10.7. The van der Waals surface area contributed by atoms with Crippen LogP contribution in [-0.4, -0.2) is 23.0 Å². The van der Waals surface area contributed by atoms with Crippen LogP contribution in [0.5, 0.6) is 0 Å². The molecular weight excluding hydrogens is 407 g/mol. The largest absolute Gasteiger partial charge is 0.326 e. The number of nitrogens with zero attached hydrogens (tertiary/aromatic N) is 2. The highest BCUT2D eigenvalue weighted by Crippen LogP contribution is 2.23. The van der Waals surface area contributed by atoms with Crippen LogP contribution in [0.4, 0.5) is 11.4 Å². The zero-order valence-electron chi connectivity index (χ0n) is 14.7. The lowest BCUT2D eigenvalue weighted by Gasteiger charge is -2.09. The Morgan fingerprint density at radius 2 is 1.86 bits per heavy atom. The Morgan fingerprint density at radius 3 is 2.57 bits per heavy atom. The monoisotopic (exact) mass is 422 g/mol. The van der Waals surface area contributed by atoms with Crippen LogP contribution in [0.3, 0.4) is 0 Å². The fourth-order valence-electron chi connectivity index (χ4n) is 2.16. The molecule has 0 aliphatic rings. The van der Waals surface area contributed by atoms with Crippen LogP contribution < -0.4 is 10.7 Å². The molecule has 0 aliphatic carbocycles. The molecule has 28 heavy (non-hydrogen) atoms.